The van der Waals surface area contributed by atoms with E-state index >= 15 is 0 Å². The van der Waals surface area contributed by atoms with Gasteiger partial charge in [0, 0.05) is 17.0 Å². The highest BCUT2D eigenvalue weighted by molar-refractivity contribution is 6.01. The third kappa shape index (κ3) is 2.84. The van der Waals surface area contributed by atoms with Crippen LogP contribution in [-0.2, 0) is 0 Å². The molecular weight excluding hydrogens is 298 g/mol. The second-order valence-corrected chi connectivity index (χ2v) is 4.91. The highest BCUT2D eigenvalue weighted by atomic mass is 16.5. The summed E-state index contributed by atoms with van der Waals surface area (Å²) in [6.07, 6.45) is 2.36. The van der Waals surface area contributed by atoms with Crippen LogP contribution in [0.15, 0.2) is 53.2 Å². The van der Waals surface area contributed by atoms with Gasteiger partial charge in [-0.05, 0) is 19.1 Å². The van der Waals surface area contributed by atoms with E-state index in [4.69, 9.17) is 4.42 Å². The Balaban J connectivity index is 1.74. The predicted octanol–water partition coefficient (Wildman–Crippen LogP) is 1.45. The van der Waals surface area contributed by atoms with Crippen LogP contribution < -0.4 is 15.6 Å². The number of carbonyl (C=O) groups is 2. The van der Waals surface area contributed by atoms with Gasteiger partial charge in [0.2, 0.25) is 0 Å². The zero-order valence-corrected chi connectivity index (χ0v) is 12.2. The molecule has 7 heteroatoms. The molecule has 2 heterocycles. The summed E-state index contributed by atoms with van der Waals surface area (Å²) in [5.41, 5.74) is 5.93. The number of para-hydroxylation sites is 1. The summed E-state index contributed by atoms with van der Waals surface area (Å²) in [5.74, 6) is -1.05. The summed E-state index contributed by atoms with van der Waals surface area (Å²) in [7, 11) is 0. The number of nitrogens with one attached hydrogen (secondary N) is 2. The zero-order valence-electron chi connectivity index (χ0n) is 12.2. The van der Waals surface area contributed by atoms with Crippen molar-refractivity contribution < 1.29 is 18.7 Å². The SMILES string of the molecule is Cc1c(C(=O)NNC(=O)c2ccc[n+]([O-])c2)oc2ccccc12. The summed E-state index contributed by atoms with van der Waals surface area (Å²) < 4.78 is 6.00. The van der Waals surface area contributed by atoms with E-state index < -0.39 is 11.8 Å². The summed E-state index contributed by atoms with van der Waals surface area (Å²) in [6, 6.07) is 10.2. The second kappa shape index (κ2) is 5.80. The molecule has 0 saturated heterocycles. The minimum Gasteiger partial charge on any atom is -0.619 e. The van der Waals surface area contributed by atoms with E-state index in [1.165, 1.54) is 18.3 Å². The molecular formula is C16H13N3O4. The lowest BCUT2D eigenvalue weighted by Gasteiger charge is -2.06. The lowest BCUT2D eigenvalue weighted by molar-refractivity contribution is -0.605. The van der Waals surface area contributed by atoms with Gasteiger partial charge in [-0.3, -0.25) is 20.4 Å². The molecule has 7 nitrogen and oxygen atoms in total. The van der Waals surface area contributed by atoms with Crippen molar-refractivity contribution in [2.24, 2.45) is 0 Å². The molecule has 0 radical (unpaired) electrons. The number of furan rings is 1. The molecule has 0 aliphatic heterocycles. The Kier molecular flexibility index (Phi) is 3.68. The molecule has 0 unspecified atom stereocenters. The molecule has 2 aromatic heterocycles. The van der Waals surface area contributed by atoms with Gasteiger partial charge in [-0.1, -0.05) is 18.2 Å². The van der Waals surface area contributed by atoms with Crippen LogP contribution in [-0.4, -0.2) is 11.8 Å². The maximum Gasteiger partial charge on any atom is 0.305 e. The molecule has 2 N–H and O–H groups in total. The van der Waals surface area contributed by atoms with Gasteiger partial charge in [-0.2, -0.15) is 4.73 Å². The van der Waals surface area contributed by atoms with Crippen molar-refractivity contribution in [1.82, 2.24) is 10.9 Å². The quantitative estimate of drug-likeness (QED) is 0.425. The predicted molar refractivity (Wildman–Crippen MR) is 81.3 cm³/mol. The summed E-state index contributed by atoms with van der Waals surface area (Å²) in [5, 5.41) is 12.0. The topological polar surface area (TPSA) is 98.3 Å². The lowest BCUT2D eigenvalue weighted by Crippen LogP contribution is -2.42. The van der Waals surface area contributed by atoms with Crippen LogP contribution in [0.4, 0.5) is 0 Å². The van der Waals surface area contributed by atoms with Crippen LogP contribution in [0.2, 0.25) is 0 Å². The number of pyridine rings is 1. The number of hydrogen-bond donors (Lipinski definition) is 2. The fraction of sp³-hybridized carbons (Fsp3) is 0.0625. The van der Waals surface area contributed by atoms with Gasteiger partial charge in [0.25, 0.3) is 5.91 Å². The average molecular weight is 311 g/mol. The Labute approximate surface area is 131 Å². The van der Waals surface area contributed by atoms with Gasteiger partial charge in [0.1, 0.15) is 11.1 Å². The average Bonchev–Trinajstić information content (AvgIpc) is 2.90. The molecule has 0 saturated carbocycles. The van der Waals surface area contributed by atoms with Gasteiger partial charge >= 0.3 is 5.91 Å². The van der Waals surface area contributed by atoms with Gasteiger partial charge in [0.05, 0.1) is 0 Å². The van der Waals surface area contributed by atoms with Crippen LogP contribution in [0.5, 0.6) is 0 Å². The Morgan fingerprint density at radius 1 is 1.09 bits per heavy atom. The Morgan fingerprint density at radius 3 is 2.57 bits per heavy atom. The highest BCUT2D eigenvalue weighted by Crippen LogP contribution is 2.24. The first kappa shape index (κ1) is 14.6. The summed E-state index contributed by atoms with van der Waals surface area (Å²) >= 11 is 0. The number of aromatic nitrogens is 1. The number of rotatable bonds is 2. The number of aryl methyl sites for hydroxylation is 1. The fourth-order valence-corrected chi connectivity index (χ4v) is 2.22. The minimum atomic E-state index is -0.600. The molecule has 0 spiro atoms. The van der Waals surface area contributed by atoms with Crippen LogP contribution in [0.25, 0.3) is 11.0 Å². The number of carbonyl (C=O) groups excluding carboxylic acids is 2. The number of fused-ring (bicyclic) bond motifs is 1. The molecule has 116 valence electrons. The largest absolute Gasteiger partial charge is 0.619 e. The van der Waals surface area contributed by atoms with Crippen LogP contribution in [0, 0.1) is 12.1 Å². The van der Waals surface area contributed by atoms with E-state index in [1.54, 1.807) is 13.0 Å². The zero-order chi connectivity index (χ0) is 16.4. The molecule has 0 aliphatic carbocycles. The van der Waals surface area contributed by atoms with Crippen LogP contribution in [0.3, 0.4) is 0 Å². The minimum absolute atomic E-state index is 0.124. The molecule has 3 aromatic rings. The second-order valence-electron chi connectivity index (χ2n) is 4.91. The molecule has 1 aromatic carbocycles. The van der Waals surface area contributed by atoms with Crippen molar-refractivity contribution in [2.45, 2.75) is 6.92 Å². The molecule has 2 amide bonds. The van der Waals surface area contributed by atoms with Crippen LogP contribution >= 0.6 is 0 Å². The molecule has 0 bridgehead atoms. The monoisotopic (exact) mass is 311 g/mol. The standard InChI is InChI=1S/C16H13N3O4/c1-10-12-6-2-3-7-13(12)23-14(10)16(21)18-17-15(20)11-5-4-8-19(22)9-11/h2-9H,1H3,(H,17,20)(H,18,21). The maximum absolute atomic E-state index is 12.2. The first-order valence-corrected chi connectivity index (χ1v) is 6.84. The number of hydrogen-bond acceptors (Lipinski definition) is 4. The molecule has 3 rings (SSSR count). The first-order valence-electron chi connectivity index (χ1n) is 6.84. The van der Waals surface area contributed by atoms with Crippen molar-refractivity contribution in [3.05, 3.63) is 70.9 Å². The Bertz CT molecular complexity index is 901. The number of nitrogens with zero attached hydrogens (tertiary/aromatic N) is 1. The number of hydrazine groups is 1. The smallest absolute Gasteiger partial charge is 0.305 e. The van der Waals surface area contributed by atoms with Gasteiger partial charge in [-0.25, -0.2) is 0 Å². The first-order chi connectivity index (χ1) is 11.1. The maximum atomic E-state index is 12.2. The van der Waals surface area contributed by atoms with E-state index in [9.17, 15) is 14.8 Å². The van der Waals surface area contributed by atoms with E-state index in [0.29, 0.717) is 15.9 Å². The molecule has 0 atom stereocenters. The lowest BCUT2D eigenvalue weighted by atomic mass is 10.1. The number of amides is 2. The summed E-state index contributed by atoms with van der Waals surface area (Å²) in [4.78, 5) is 24.0. The van der Waals surface area contributed by atoms with E-state index in [0.717, 1.165) is 11.6 Å². The molecule has 0 fully saturated rings. The van der Waals surface area contributed by atoms with Crippen molar-refractivity contribution in [1.29, 1.82) is 0 Å². The van der Waals surface area contributed by atoms with Gasteiger partial charge < -0.3 is 9.62 Å². The Hall–Kier alpha value is -3.35. The van der Waals surface area contributed by atoms with Crippen molar-refractivity contribution in [3.8, 4) is 0 Å². The summed E-state index contributed by atoms with van der Waals surface area (Å²) in [6.45, 7) is 1.76. The fourth-order valence-electron chi connectivity index (χ4n) is 2.22. The van der Waals surface area contributed by atoms with Crippen molar-refractivity contribution >= 4 is 22.8 Å². The van der Waals surface area contributed by atoms with E-state index in [-0.39, 0.29) is 11.3 Å². The van der Waals surface area contributed by atoms with E-state index in [2.05, 4.69) is 10.9 Å². The van der Waals surface area contributed by atoms with Gasteiger partial charge in [-0.15, -0.1) is 0 Å². The van der Waals surface area contributed by atoms with Crippen molar-refractivity contribution in [3.63, 3.8) is 0 Å². The Morgan fingerprint density at radius 2 is 1.83 bits per heavy atom. The third-order valence-electron chi connectivity index (χ3n) is 3.38. The molecule has 0 aliphatic rings. The van der Waals surface area contributed by atoms with E-state index in [1.807, 2.05) is 18.2 Å². The van der Waals surface area contributed by atoms with Crippen molar-refractivity contribution in [2.75, 3.05) is 0 Å². The third-order valence-corrected chi connectivity index (χ3v) is 3.38. The normalized spacial score (nSPS) is 10.5. The van der Waals surface area contributed by atoms with Crippen LogP contribution in [0.1, 0.15) is 26.5 Å². The molecule has 23 heavy (non-hydrogen) atoms. The highest BCUT2D eigenvalue weighted by Gasteiger charge is 2.18. The number of benzene rings is 1. The van der Waals surface area contributed by atoms with Gasteiger partial charge in [0.15, 0.2) is 18.2 Å².